The van der Waals surface area contributed by atoms with Crippen molar-refractivity contribution in [2.75, 3.05) is 13.1 Å². The molecular weight excluding hydrogens is 230 g/mol. The Labute approximate surface area is 117 Å². The van der Waals surface area contributed by atoms with Crippen molar-refractivity contribution in [3.8, 4) is 0 Å². The average molecular weight is 257 g/mol. The molecule has 0 spiro atoms. The van der Waals surface area contributed by atoms with Crippen molar-refractivity contribution in [3.05, 3.63) is 35.4 Å². The number of hydrogen-bond donors (Lipinski definition) is 1. The lowest BCUT2D eigenvalue weighted by atomic mass is 9.62. The van der Waals surface area contributed by atoms with Gasteiger partial charge in [-0.2, -0.15) is 0 Å². The van der Waals surface area contributed by atoms with Gasteiger partial charge in [0.25, 0.3) is 0 Å². The number of fused-ring (bicyclic) bond motifs is 1. The van der Waals surface area contributed by atoms with E-state index in [9.17, 15) is 0 Å². The van der Waals surface area contributed by atoms with Crippen LogP contribution < -0.4 is 5.32 Å². The van der Waals surface area contributed by atoms with E-state index in [4.69, 9.17) is 0 Å². The summed E-state index contributed by atoms with van der Waals surface area (Å²) in [4.78, 5) is 0. The first-order valence-corrected chi connectivity index (χ1v) is 8.16. The standard InChI is InChI=1S/C18H27N/c1-2-19-14-18(16-10-4-5-11-16)13-7-9-15-8-3-6-12-17(15)18/h3,6,8,12,16,19H,2,4-5,7,9-11,13-14H2,1H3. The highest BCUT2D eigenvalue weighted by Crippen LogP contribution is 2.48. The first kappa shape index (κ1) is 13.2. The fraction of sp³-hybridized carbons (Fsp3) is 0.667. The van der Waals surface area contributed by atoms with E-state index >= 15 is 0 Å². The molecule has 0 aromatic heterocycles. The molecule has 1 heteroatoms. The molecule has 3 rings (SSSR count). The van der Waals surface area contributed by atoms with Gasteiger partial charge in [0.15, 0.2) is 0 Å². The summed E-state index contributed by atoms with van der Waals surface area (Å²) in [5.41, 5.74) is 3.73. The Kier molecular flexibility index (Phi) is 3.93. The Morgan fingerprint density at radius 2 is 1.95 bits per heavy atom. The van der Waals surface area contributed by atoms with Gasteiger partial charge < -0.3 is 5.32 Å². The van der Waals surface area contributed by atoms with Gasteiger partial charge in [0.2, 0.25) is 0 Å². The second kappa shape index (κ2) is 5.66. The van der Waals surface area contributed by atoms with Crippen molar-refractivity contribution in [2.45, 2.75) is 57.3 Å². The fourth-order valence-electron chi connectivity index (χ4n) is 4.53. The van der Waals surface area contributed by atoms with E-state index in [0.29, 0.717) is 5.41 Å². The van der Waals surface area contributed by atoms with E-state index in [0.717, 1.165) is 12.5 Å². The maximum atomic E-state index is 3.68. The molecule has 1 unspecified atom stereocenters. The second-order valence-electron chi connectivity index (χ2n) is 6.43. The molecule has 104 valence electrons. The molecule has 2 aliphatic carbocycles. The van der Waals surface area contributed by atoms with Gasteiger partial charge in [-0.15, -0.1) is 0 Å². The van der Waals surface area contributed by atoms with Crippen LogP contribution in [0.15, 0.2) is 24.3 Å². The normalized spacial score (nSPS) is 27.4. The zero-order valence-corrected chi connectivity index (χ0v) is 12.3. The van der Waals surface area contributed by atoms with E-state index in [1.807, 2.05) is 0 Å². The van der Waals surface area contributed by atoms with E-state index in [-0.39, 0.29) is 0 Å². The van der Waals surface area contributed by atoms with Crippen LogP contribution in [-0.4, -0.2) is 13.1 Å². The summed E-state index contributed by atoms with van der Waals surface area (Å²) in [7, 11) is 0. The Bertz CT molecular complexity index is 419. The van der Waals surface area contributed by atoms with Gasteiger partial charge in [-0.25, -0.2) is 0 Å². The molecule has 1 N–H and O–H groups in total. The van der Waals surface area contributed by atoms with E-state index in [1.165, 1.54) is 51.5 Å². The summed E-state index contributed by atoms with van der Waals surface area (Å²) in [5.74, 6) is 0.910. The van der Waals surface area contributed by atoms with Crippen molar-refractivity contribution in [2.24, 2.45) is 5.92 Å². The third-order valence-electron chi connectivity index (χ3n) is 5.45. The molecule has 2 aliphatic rings. The van der Waals surface area contributed by atoms with Crippen molar-refractivity contribution in [3.63, 3.8) is 0 Å². The summed E-state index contributed by atoms with van der Waals surface area (Å²) in [6.07, 6.45) is 9.83. The number of likely N-dealkylation sites (N-methyl/N-ethyl adjacent to an activating group) is 1. The lowest BCUT2D eigenvalue weighted by Crippen LogP contribution is -2.46. The highest BCUT2D eigenvalue weighted by Gasteiger charge is 2.43. The topological polar surface area (TPSA) is 12.0 Å². The average Bonchev–Trinajstić information content (AvgIpc) is 3.00. The molecule has 0 saturated heterocycles. The Morgan fingerprint density at radius 3 is 2.74 bits per heavy atom. The van der Waals surface area contributed by atoms with Crippen LogP contribution in [0.4, 0.5) is 0 Å². The van der Waals surface area contributed by atoms with Crippen LogP contribution in [0.1, 0.15) is 56.6 Å². The summed E-state index contributed by atoms with van der Waals surface area (Å²) >= 11 is 0. The largest absolute Gasteiger partial charge is 0.316 e. The first-order valence-electron chi connectivity index (χ1n) is 8.16. The highest BCUT2D eigenvalue weighted by atomic mass is 14.9. The third-order valence-corrected chi connectivity index (χ3v) is 5.45. The predicted molar refractivity (Wildman–Crippen MR) is 81.6 cm³/mol. The lowest BCUT2D eigenvalue weighted by molar-refractivity contribution is 0.225. The van der Waals surface area contributed by atoms with Crippen LogP contribution in [0, 0.1) is 5.92 Å². The fourth-order valence-corrected chi connectivity index (χ4v) is 4.53. The van der Waals surface area contributed by atoms with Gasteiger partial charge in [0, 0.05) is 12.0 Å². The van der Waals surface area contributed by atoms with Crippen LogP contribution in [0.25, 0.3) is 0 Å². The van der Waals surface area contributed by atoms with Crippen molar-refractivity contribution in [1.29, 1.82) is 0 Å². The number of hydrogen-bond acceptors (Lipinski definition) is 1. The van der Waals surface area contributed by atoms with Crippen LogP contribution in [0.2, 0.25) is 0 Å². The zero-order valence-electron chi connectivity index (χ0n) is 12.3. The maximum absolute atomic E-state index is 3.68. The molecule has 0 heterocycles. The van der Waals surface area contributed by atoms with Gasteiger partial charge in [0.05, 0.1) is 0 Å². The molecule has 19 heavy (non-hydrogen) atoms. The van der Waals surface area contributed by atoms with Gasteiger partial charge in [-0.1, -0.05) is 44.0 Å². The summed E-state index contributed by atoms with van der Waals surface area (Å²) in [5, 5.41) is 3.68. The quantitative estimate of drug-likeness (QED) is 0.857. The predicted octanol–water partition coefficient (Wildman–Crippen LogP) is 4.06. The van der Waals surface area contributed by atoms with Crippen LogP contribution in [0.5, 0.6) is 0 Å². The van der Waals surface area contributed by atoms with Crippen molar-refractivity contribution >= 4 is 0 Å². The van der Waals surface area contributed by atoms with Crippen molar-refractivity contribution < 1.29 is 0 Å². The number of nitrogens with one attached hydrogen (secondary N) is 1. The van der Waals surface area contributed by atoms with Crippen LogP contribution in [0.3, 0.4) is 0 Å². The second-order valence-corrected chi connectivity index (χ2v) is 6.43. The van der Waals surface area contributed by atoms with Gasteiger partial charge in [-0.3, -0.25) is 0 Å². The molecule has 1 aromatic rings. The number of aryl methyl sites for hydroxylation is 1. The molecule has 0 amide bonds. The zero-order chi connectivity index (χ0) is 13.1. The number of rotatable bonds is 4. The minimum absolute atomic E-state index is 0.432. The molecule has 1 aromatic carbocycles. The highest BCUT2D eigenvalue weighted by molar-refractivity contribution is 5.38. The van der Waals surface area contributed by atoms with Gasteiger partial charge >= 0.3 is 0 Å². The third kappa shape index (κ3) is 2.33. The molecule has 1 fully saturated rings. The molecule has 1 saturated carbocycles. The van der Waals surface area contributed by atoms with Crippen LogP contribution in [-0.2, 0) is 11.8 Å². The molecule has 1 nitrogen and oxygen atoms in total. The summed E-state index contributed by atoms with van der Waals surface area (Å²) in [6, 6.07) is 9.25. The van der Waals surface area contributed by atoms with Gasteiger partial charge in [-0.05, 0) is 55.7 Å². The van der Waals surface area contributed by atoms with Crippen LogP contribution >= 0.6 is 0 Å². The van der Waals surface area contributed by atoms with E-state index < -0.39 is 0 Å². The maximum Gasteiger partial charge on any atom is 0.0109 e. The number of benzene rings is 1. The van der Waals surface area contributed by atoms with Gasteiger partial charge in [0.1, 0.15) is 0 Å². The SMILES string of the molecule is CCNCC1(C2CCCC2)CCCc2ccccc21. The molecule has 1 atom stereocenters. The smallest absolute Gasteiger partial charge is 0.0109 e. The molecule has 0 bridgehead atoms. The van der Waals surface area contributed by atoms with E-state index in [1.54, 1.807) is 11.1 Å². The van der Waals surface area contributed by atoms with Crippen molar-refractivity contribution in [1.82, 2.24) is 5.32 Å². The monoisotopic (exact) mass is 257 g/mol. The first-order chi connectivity index (χ1) is 9.37. The molecule has 0 radical (unpaired) electrons. The minimum atomic E-state index is 0.432. The minimum Gasteiger partial charge on any atom is -0.316 e. The summed E-state index contributed by atoms with van der Waals surface area (Å²) < 4.78 is 0. The molecule has 0 aliphatic heterocycles. The molecular formula is C18H27N. The lowest BCUT2D eigenvalue weighted by Gasteiger charge is -2.44. The Balaban J connectivity index is 1.99. The Hall–Kier alpha value is -0.820. The Morgan fingerprint density at radius 1 is 1.16 bits per heavy atom. The van der Waals surface area contributed by atoms with E-state index in [2.05, 4.69) is 36.5 Å². The summed E-state index contributed by atoms with van der Waals surface area (Å²) in [6.45, 7) is 4.51.